The second kappa shape index (κ2) is 6.47. The van der Waals surface area contributed by atoms with Crippen molar-refractivity contribution in [2.75, 3.05) is 18.0 Å². The van der Waals surface area contributed by atoms with Crippen molar-refractivity contribution in [3.63, 3.8) is 0 Å². The summed E-state index contributed by atoms with van der Waals surface area (Å²) in [7, 11) is 0. The molecule has 0 unspecified atom stereocenters. The van der Waals surface area contributed by atoms with Gasteiger partial charge in [-0.1, -0.05) is 13.8 Å². The Morgan fingerprint density at radius 2 is 2.10 bits per heavy atom. The maximum atomic E-state index is 11.2. The van der Waals surface area contributed by atoms with E-state index in [4.69, 9.17) is 17.3 Å². The molecule has 0 saturated carbocycles. The molecule has 0 atom stereocenters. The third-order valence-corrected chi connectivity index (χ3v) is 2.60. The average molecular weight is 302 g/mol. The summed E-state index contributed by atoms with van der Waals surface area (Å²) >= 11 is 5.76. The number of halogens is 1. The molecule has 1 aromatic heterocycles. The molecule has 8 nitrogen and oxygen atoms in total. The molecule has 0 spiro atoms. The molecular weight excluding hydrogens is 286 g/mol. The summed E-state index contributed by atoms with van der Waals surface area (Å²) in [6.45, 7) is 5.50. The number of aryl methyl sites for hydroxylation is 1. The number of nitrogens with zero attached hydrogens (tertiary/aromatic N) is 4. The minimum Gasteiger partial charge on any atom is -0.368 e. The first-order valence-electron chi connectivity index (χ1n) is 5.94. The number of hydrogen-bond donors (Lipinski definition) is 1. The molecule has 0 saturated heterocycles. The van der Waals surface area contributed by atoms with Crippen LogP contribution in [0.1, 0.15) is 19.5 Å². The lowest BCUT2D eigenvalue weighted by atomic mass is 10.2. The third kappa shape index (κ3) is 4.02. The van der Waals surface area contributed by atoms with E-state index in [9.17, 15) is 14.9 Å². The number of amides is 1. The quantitative estimate of drug-likeness (QED) is 0.481. The number of primary amides is 1. The van der Waals surface area contributed by atoms with Gasteiger partial charge in [-0.3, -0.25) is 14.9 Å². The van der Waals surface area contributed by atoms with Gasteiger partial charge >= 0.3 is 5.69 Å². The van der Waals surface area contributed by atoms with Crippen LogP contribution in [0.25, 0.3) is 0 Å². The van der Waals surface area contributed by atoms with Crippen LogP contribution in [0.15, 0.2) is 0 Å². The van der Waals surface area contributed by atoms with Gasteiger partial charge < -0.3 is 10.6 Å². The summed E-state index contributed by atoms with van der Waals surface area (Å²) in [6, 6.07) is 0. The van der Waals surface area contributed by atoms with E-state index in [1.54, 1.807) is 0 Å². The second-order valence-electron chi connectivity index (χ2n) is 4.75. The second-order valence-corrected chi connectivity index (χ2v) is 5.09. The zero-order valence-corrected chi connectivity index (χ0v) is 12.2. The Balaban J connectivity index is 3.36. The van der Waals surface area contributed by atoms with E-state index < -0.39 is 10.8 Å². The van der Waals surface area contributed by atoms with Gasteiger partial charge in [-0.25, -0.2) is 4.98 Å². The number of hydrogen-bond acceptors (Lipinski definition) is 6. The van der Waals surface area contributed by atoms with Gasteiger partial charge in [0.15, 0.2) is 0 Å². The number of nitro groups is 1. The highest BCUT2D eigenvalue weighted by Gasteiger charge is 2.27. The number of carbonyl (C=O) groups excluding carboxylic acids is 1. The Morgan fingerprint density at radius 1 is 1.50 bits per heavy atom. The molecule has 9 heteroatoms. The van der Waals surface area contributed by atoms with E-state index in [1.807, 2.05) is 13.8 Å². The van der Waals surface area contributed by atoms with Gasteiger partial charge in [0.2, 0.25) is 17.0 Å². The first-order chi connectivity index (χ1) is 9.22. The zero-order valence-electron chi connectivity index (χ0n) is 11.5. The van der Waals surface area contributed by atoms with Gasteiger partial charge in [-0.15, -0.1) is 0 Å². The number of anilines is 1. The minimum atomic E-state index is -0.604. The van der Waals surface area contributed by atoms with E-state index >= 15 is 0 Å². The predicted octanol–water partition coefficient (Wildman–Crippen LogP) is 1.29. The monoisotopic (exact) mass is 301 g/mol. The molecule has 0 fully saturated rings. The maximum Gasteiger partial charge on any atom is 0.332 e. The molecular formula is C11H16ClN5O3. The van der Waals surface area contributed by atoms with Crippen LogP contribution < -0.4 is 10.6 Å². The lowest BCUT2D eigenvalue weighted by molar-refractivity contribution is -0.385. The molecule has 1 aromatic rings. The van der Waals surface area contributed by atoms with Crippen molar-refractivity contribution in [2.45, 2.75) is 20.8 Å². The fraction of sp³-hybridized carbons (Fsp3) is 0.545. The Labute approximate surface area is 121 Å². The van der Waals surface area contributed by atoms with Crippen molar-refractivity contribution >= 4 is 29.0 Å². The van der Waals surface area contributed by atoms with Gasteiger partial charge in [0.05, 0.1) is 11.5 Å². The Bertz CT molecular complexity index is 535. The van der Waals surface area contributed by atoms with Gasteiger partial charge in [-0.2, -0.15) is 4.98 Å². The molecule has 0 aliphatic rings. The number of rotatable bonds is 6. The van der Waals surface area contributed by atoms with Crippen LogP contribution >= 0.6 is 11.6 Å². The zero-order chi connectivity index (χ0) is 15.4. The van der Waals surface area contributed by atoms with Crippen LogP contribution in [0, 0.1) is 23.0 Å². The van der Waals surface area contributed by atoms with E-state index in [2.05, 4.69) is 9.97 Å². The van der Waals surface area contributed by atoms with Crippen LogP contribution in [0.5, 0.6) is 0 Å². The number of carbonyl (C=O) groups is 1. The Morgan fingerprint density at radius 3 is 2.55 bits per heavy atom. The highest BCUT2D eigenvalue weighted by atomic mass is 35.5. The molecule has 20 heavy (non-hydrogen) atoms. The molecule has 110 valence electrons. The van der Waals surface area contributed by atoms with Crippen LogP contribution in [-0.4, -0.2) is 33.9 Å². The lowest BCUT2D eigenvalue weighted by Gasteiger charge is -2.24. The van der Waals surface area contributed by atoms with Gasteiger partial charge in [-0.05, 0) is 24.4 Å². The van der Waals surface area contributed by atoms with Crippen molar-refractivity contribution in [1.82, 2.24) is 9.97 Å². The van der Waals surface area contributed by atoms with Crippen molar-refractivity contribution in [2.24, 2.45) is 11.7 Å². The maximum absolute atomic E-state index is 11.2. The summed E-state index contributed by atoms with van der Waals surface area (Å²) < 4.78 is 0. The number of nitrogens with two attached hydrogens (primary N) is 1. The van der Waals surface area contributed by atoms with Gasteiger partial charge in [0.25, 0.3) is 0 Å². The largest absolute Gasteiger partial charge is 0.368 e. The molecule has 0 bridgehead atoms. The SMILES string of the molecule is Cc1nc(Cl)nc(N(CC(N)=O)CC(C)C)c1[N+](=O)[O-]. The highest BCUT2D eigenvalue weighted by molar-refractivity contribution is 6.28. The molecule has 0 aliphatic heterocycles. The van der Waals surface area contributed by atoms with E-state index in [1.165, 1.54) is 11.8 Å². The molecule has 2 N–H and O–H groups in total. The van der Waals surface area contributed by atoms with Crippen LogP contribution in [0.3, 0.4) is 0 Å². The predicted molar refractivity (Wildman–Crippen MR) is 74.7 cm³/mol. The minimum absolute atomic E-state index is 0.0139. The Kier molecular flexibility index (Phi) is 5.20. The molecule has 0 aromatic carbocycles. The number of aromatic nitrogens is 2. The van der Waals surface area contributed by atoms with Crippen LogP contribution in [0.2, 0.25) is 5.28 Å². The molecule has 0 radical (unpaired) electrons. The lowest BCUT2D eigenvalue weighted by Crippen LogP contribution is -2.37. The fourth-order valence-corrected chi connectivity index (χ4v) is 2.01. The van der Waals surface area contributed by atoms with Gasteiger partial charge in [0, 0.05) is 6.54 Å². The molecule has 1 amide bonds. The summed E-state index contributed by atoms with van der Waals surface area (Å²) in [6.07, 6.45) is 0. The fourth-order valence-electron chi connectivity index (χ4n) is 1.81. The van der Waals surface area contributed by atoms with E-state index in [0.717, 1.165) is 0 Å². The first-order valence-corrected chi connectivity index (χ1v) is 6.32. The van der Waals surface area contributed by atoms with Crippen molar-refractivity contribution in [1.29, 1.82) is 0 Å². The normalized spacial score (nSPS) is 10.7. The third-order valence-electron chi connectivity index (χ3n) is 2.43. The summed E-state index contributed by atoms with van der Waals surface area (Å²) in [4.78, 5) is 30.8. The highest BCUT2D eigenvalue weighted by Crippen LogP contribution is 2.30. The molecule has 0 aliphatic carbocycles. The summed E-state index contributed by atoms with van der Waals surface area (Å²) in [5, 5.41) is 11.1. The van der Waals surface area contributed by atoms with Crippen molar-refractivity contribution in [3.8, 4) is 0 Å². The summed E-state index contributed by atoms with van der Waals surface area (Å²) in [5.41, 5.74) is 5.06. The van der Waals surface area contributed by atoms with E-state index in [0.29, 0.717) is 6.54 Å². The van der Waals surface area contributed by atoms with Crippen molar-refractivity contribution < 1.29 is 9.72 Å². The van der Waals surface area contributed by atoms with Crippen molar-refractivity contribution in [3.05, 3.63) is 21.1 Å². The standard InChI is InChI=1S/C11H16ClN5O3/c1-6(2)4-16(5-8(13)18)10-9(17(19)20)7(3)14-11(12)15-10/h6H,4-5H2,1-3H3,(H2,13,18). The van der Waals surface area contributed by atoms with Crippen LogP contribution in [-0.2, 0) is 4.79 Å². The molecule has 1 rings (SSSR count). The first kappa shape index (κ1) is 16.1. The van der Waals surface area contributed by atoms with Crippen LogP contribution in [0.4, 0.5) is 11.5 Å². The molecule has 1 heterocycles. The van der Waals surface area contributed by atoms with E-state index in [-0.39, 0.29) is 34.9 Å². The average Bonchev–Trinajstić information content (AvgIpc) is 2.24. The smallest absolute Gasteiger partial charge is 0.332 e. The Hall–Kier alpha value is -1.96. The van der Waals surface area contributed by atoms with Gasteiger partial charge in [0.1, 0.15) is 5.69 Å². The summed E-state index contributed by atoms with van der Waals surface area (Å²) in [5.74, 6) is -0.435. The topological polar surface area (TPSA) is 115 Å².